The molecule has 3 aromatic heterocycles. The number of hydrogen-bond donors (Lipinski definition) is 0. The zero-order valence-corrected chi connectivity index (χ0v) is 16.6. The number of carbonyl (C=O) groups is 1. The predicted octanol–water partition coefficient (Wildman–Crippen LogP) is 3.01. The Balaban J connectivity index is 1.37. The van der Waals surface area contributed by atoms with Gasteiger partial charge in [-0.3, -0.25) is 14.2 Å². The van der Waals surface area contributed by atoms with Gasteiger partial charge in [0.25, 0.3) is 11.5 Å². The second kappa shape index (κ2) is 7.71. The van der Waals surface area contributed by atoms with Crippen molar-refractivity contribution in [3.63, 3.8) is 0 Å². The molecule has 0 atom stereocenters. The topological polar surface area (TPSA) is 73.3 Å². The van der Waals surface area contributed by atoms with E-state index < -0.39 is 0 Å². The number of pyridine rings is 1. The van der Waals surface area contributed by atoms with Crippen LogP contribution in [0.2, 0.25) is 0 Å². The highest BCUT2D eigenvalue weighted by Gasteiger charge is 2.25. The fraction of sp³-hybridized carbons (Fsp3) is 0.174. The molecule has 1 amide bonds. The van der Waals surface area contributed by atoms with Crippen LogP contribution in [0.4, 0.5) is 4.39 Å². The lowest BCUT2D eigenvalue weighted by Gasteiger charge is -2.28. The van der Waals surface area contributed by atoms with E-state index in [0.29, 0.717) is 37.5 Å². The van der Waals surface area contributed by atoms with Crippen molar-refractivity contribution in [1.29, 1.82) is 0 Å². The van der Waals surface area contributed by atoms with Crippen molar-refractivity contribution in [1.82, 2.24) is 19.0 Å². The molecule has 0 saturated heterocycles. The molecule has 31 heavy (non-hydrogen) atoms. The van der Waals surface area contributed by atoms with Gasteiger partial charge in [0.2, 0.25) is 0 Å². The zero-order valence-electron chi connectivity index (χ0n) is 16.6. The Bertz CT molecular complexity index is 1290. The van der Waals surface area contributed by atoms with Crippen molar-refractivity contribution >= 4 is 5.91 Å². The van der Waals surface area contributed by atoms with E-state index in [9.17, 15) is 14.0 Å². The molecule has 5 rings (SSSR count). The Hall–Kier alpha value is -3.94. The van der Waals surface area contributed by atoms with E-state index in [1.807, 2.05) is 10.8 Å². The van der Waals surface area contributed by atoms with Gasteiger partial charge in [-0.1, -0.05) is 0 Å². The number of aromatic nitrogens is 3. The van der Waals surface area contributed by atoms with Gasteiger partial charge in [-0.2, -0.15) is 0 Å². The van der Waals surface area contributed by atoms with Crippen molar-refractivity contribution in [2.75, 3.05) is 6.54 Å². The molecule has 4 heterocycles. The van der Waals surface area contributed by atoms with Crippen LogP contribution in [0, 0.1) is 5.82 Å². The molecular weight excluding hydrogens is 399 g/mol. The van der Waals surface area contributed by atoms with E-state index in [2.05, 4.69) is 4.98 Å². The van der Waals surface area contributed by atoms with E-state index in [1.165, 1.54) is 16.7 Å². The molecule has 4 aromatic rings. The maximum Gasteiger partial charge on any atom is 0.289 e. The van der Waals surface area contributed by atoms with E-state index >= 15 is 0 Å². The summed E-state index contributed by atoms with van der Waals surface area (Å²) in [5, 5.41) is 0. The van der Waals surface area contributed by atoms with E-state index in [4.69, 9.17) is 4.42 Å². The molecule has 156 valence electrons. The van der Waals surface area contributed by atoms with E-state index in [-0.39, 0.29) is 23.0 Å². The van der Waals surface area contributed by atoms with Crippen LogP contribution in [0.25, 0.3) is 5.69 Å². The van der Waals surface area contributed by atoms with E-state index in [0.717, 1.165) is 11.1 Å². The maximum absolute atomic E-state index is 13.2. The smallest absolute Gasteiger partial charge is 0.289 e. The summed E-state index contributed by atoms with van der Waals surface area (Å²) in [5.41, 5.74) is 2.20. The van der Waals surface area contributed by atoms with Gasteiger partial charge in [-0.05, 0) is 53.9 Å². The van der Waals surface area contributed by atoms with Crippen molar-refractivity contribution < 1.29 is 13.6 Å². The number of halogens is 1. The number of rotatable bonds is 4. The molecule has 0 N–H and O–H groups in total. The van der Waals surface area contributed by atoms with Crippen LogP contribution in [0.15, 0.2) is 76.6 Å². The average Bonchev–Trinajstić information content (AvgIpc) is 3.46. The first kappa shape index (κ1) is 19.0. The number of nitrogens with zero attached hydrogens (tertiary/aromatic N) is 4. The summed E-state index contributed by atoms with van der Waals surface area (Å²) < 4.78 is 22.3. The third-order valence-corrected chi connectivity index (χ3v) is 5.41. The Kier molecular flexibility index (Phi) is 4.74. The number of amides is 1. The third-order valence-electron chi connectivity index (χ3n) is 5.41. The molecule has 0 saturated carbocycles. The third kappa shape index (κ3) is 3.79. The minimum atomic E-state index is -0.364. The summed E-state index contributed by atoms with van der Waals surface area (Å²) in [7, 11) is 0. The second-order valence-electron chi connectivity index (χ2n) is 7.49. The average molecular weight is 418 g/mol. The number of carbonyl (C=O) groups excluding carboxylic acids is 1. The lowest BCUT2D eigenvalue weighted by Crippen LogP contribution is -2.37. The molecule has 0 spiro atoms. The maximum atomic E-state index is 13.2. The van der Waals surface area contributed by atoms with Crippen LogP contribution < -0.4 is 5.56 Å². The Morgan fingerprint density at radius 2 is 1.97 bits per heavy atom. The highest BCUT2D eigenvalue weighted by Crippen LogP contribution is 2.21. The normalized spacial score (nSPS) is 13.3. The summed E-state index contributed by atoms with van der Waals surface area (Å²) in [6.45, 7) is 1.37. The molecule has 0 radical (unpaired) electrons. The first-order valence-corrected chi connectivity index (χ1v) is 9.91. The SMILES string of the molecule is O=C(c1ccc(Cn2ccnc2)o1)N1CCc2cc(=O)n(-c3ccc(F)cc3)cc2C1. The molecule has 8 heteroatoms. The molecule has 0 fully saturated rings. The number of imidazole rings is 1. The van der Waals surface area contributed by atoms with Crippen molar-refractivity contribution in [2.45, 2.75) is 19.5 Å². The van der Waals surface area contributed by atoms with Crippen molar-refractivity contribution in [2.24, 2.45) is 0 Å². The van der Waals surface area contributed by atoms with Crippen molar-refractivity contribution in [3.8, 4) is 5.69 Å². The zero-order chi connectivity index (χ0) is 21.4. The molecule has 0 aliphatic carbocycles. The van der Waals surface area contributed by atoms with Crippen LogP contribution in [-0.4, -0.2) is 31.5 Å². The minimum Gasteiger partial charge on any atom is -0.454 e. The van der Waals surface area contributed by atoms with Gasteiger partial charge in [0, 0.05) is 43.4 Å². The van der Waals surface area contributed by atoms with Crippen LogP contribution in [0.1, 0.15) is 27.4 Å². The van der Waals surface area contributed by atoms with E-state index in [1.54, 1.807) is 54.0 Å². The molecule has 0 bridgehead atoms. The Morgan fingerprint density at radius 1 is 1.13 bits per heavy atom. The molecular formula is C23H19FN4O3. The summed E-state index contributed by atoms with van der Waals surface area (Å²) in [6.07, 6.45) is 7.52. The van der Waals surface area contributed by atoms with Crippen molar-refractivity contribution in [3.05, 3.63) is 106 Å². The quantitative estimate of drug-likeness (QED) is 0.511. The Labute approximate surface area is 177 Å². The highest BCUT2D eigenvalue weighted by atomic mass is 19.1. The minimum absolute atomic E-state index is 0.180. The van der Waals surface area contributed by atoms with Crippen LogP contribution in [0.3, 0.4) is 0 Å². The van der Waals surface area contributed by atoms with Crippen LogP contribution in [0.5, 0.6) is 0 Å². The molecule has 1 aliphatic rings. The summed E-state index contributed by atoms with van der Waals surface area (Å²) in [4.78, 5) is 31.2. The molecule has 1 aromatic carbocycles. The highest BCUT2D eigenvalue weighted by molar-refractivity contribution is 5.91. The number of furan rings is 1. The standard InChI is InChI=1S/C23H19FN4O3/c24-18-1-3-19(4-2-18)28-13-17-12-27(9-7-16(17)11-22(28)29)23(30)21-6-5-20(31-21)14-26-10-8-25-15-26/h1-6,8,10-11,13,15H,7,9,12,14H2. The summed E-state index contributed by atoms with van der Waals surface area (Å²) in [6, 6.07) is 10.8. The second-order valence-corrected chi connectivity index (χ2v) is 7.49. The van der Waals surface area contributed by atoms with Gasteiger partial charge >= 0.3 is 0 Å². The van der Waals surface area contributed by atoms with Crippen LogP contribution in [-0.2, 0) is 19.5 Å². The lowest BCUT2D eigenvalue weighted by atomic mass is 10.0. The largest absolute Gasteiger partial charge is 0.454 e. The fourth-order valence-corrected chi connectivity index (χ4v) is 3.80. The van der Waals surface area contributed by atoms with Gasteiger partial charge in [0.15, 0.2) is 5.76 Å². The monoisotopic (exact) mass is 418 g/mol. The van der Waals surface area contributed by atoms with Gasteiger partial charge in [-0.25, -0.2) is 9.37 Å². The van der Waals surface area contributed by atoms with Gasteiger partial charge < -0.3 is 13.9 Å². The lowest BCUT2D eigenvalue weighted by molar-refractivity contribution is 0.0700. The van der Waals surface area contributed by atoms with Gasteiger partial charge in [0.1, 0.15) is 11.6 Å². The molecule has 7 nitrogen and oxygen atoms in total. The van der Waals surface area contributed by atoms with Gasteiger partial charge in [-0.15, -0.1) is 0 Å². The molecule has 0 unspecified atom stereocenters. The first-order valence-electron chi connectivity index (χ1n) is 9.91. The summed E-state index contributed by atoms with van der Waals surface area (Å²) >= 11 is 0. The van der Waals surface area contributed by atoms with Crippen LogP contribution >= 0.6 is 0 Å². The Morgan fingerprint density at radius 3 is 2.74 bits per heavy atom. The number of hydrogen-bond acceptors (Lipinski definition) is 4. The molecule has 1 aliphatic heterocycles. The predicted molar refractivity (Wildman–Crippen MR) is 110 cm³/mol. The number of fused-ring (bicyclic) bond motifs is 1. The first-order chi connectivity index (χ1) is 15.1. The summed E-state index contributed by atoms with van der Waals surface area (Å²) in [5.74, 6) is 0.397. The number of benzene rings is 1. The van der Waals surface area contributed by atoms with Gasteiger partial charge in [0.05, 0.1) is 12.9 Å². The fourth-order valence-electron chi connectivity index (χ4n) is 3.80.